The Morgan fingerprint density at radius 3 is 2.51 bits per heavy atom. The van der Waals surface area contributed by atoms with Crippen LogP contribution in [0.3, 0.4) is 0 Å². The number of rotatable bonds is 8. The molecule has 2 aromatic carbocycles. The van der Waals surface area contributed by atoms with Gasteiger partial charge in [-0.1, -0.05) is 0 Å². The summed E-state index contributed by atoms with van der Waals surface area (Å²) >= 11 is 0. The smallest absolute Gasteiger partial charge is 0.255 e. The van der Waals surface area contributed by atoms with Crippen molar-refractivity contribution in [1.29, 1.82) is 0 Å². The minimum atomic E-state index is -0.881. The van der Waals surface area contributed by atoms with E-state index in [0.29, 0.717) is 35.5 Å². The highest BCUT2D eigenvalue weighted by molar-refractivity contribution is 6.05. The van der Waals surface area contributed by atoms with Gasteiger partial charge in [-0.3, -0.25) is 14.4 Å². The highest BCUT2D eigenvalue weighted by Gasteiger charge is 2.48. The predicted octanol–water partition coefficient (Wildman–Crippen LogP) is 3.79. The summed E-state index contributed by atoms with van der Waals surface area (Å²) in [6, 6.07) is 11.5. The molecule has 10 nitrogen and oxygen atoms in total. The lowest BCUT2D eigenvalue weighted by molar-refractivity contribution is 0.0924. The Morgan fingerprint density at radius 1 is 1.12 bits per heavy atom. The summed E-state index contributed by atoms with van der Waals surface area (Å²) in [5.74, 6) is -1.78. The number of nitrogens with one attached hydrogen (secondary N) is 2. The van der Waals surface area contributed by atoms with Gasteiger partial charge >= 0.3 is 0 Å². The Hall–Kier alpha value is -5.39. The number of carbonyl (C=O) groups excluding carboxylic acids is 2. The second kappa shape index (κ2) is 10.5. The molecule has 0 radical (unpaired) electrons. The molecule has 1 aliphatic rings. The molecule has 0 bridgehead atoms. The van der Waals surface area contributed by atoms with Gasteiger partial charge in [-0.25, -0.2) is 18.3 Å². The molecule has 1 aliphatic carbocycles. The highest BCUT2D eigenvalue weighted by Crippen LogP contribution is 2.44. The molecule has 1 fully saturated rings. The molecule has 1 saturated carbocycles. The van der Waals surface area contributed by atoms with E-state index in [0.717, 1.165) is 5.56 Å². The van der Waals surface area contributed by atoms with Crippen molar-refractivity contribution in [2.75, 3.05) is 7.11 Å². The first-order valence-electron chi connectivity index (χ1n) is 13.4. The Balaban J connectivity index is 1.37. The number of methoxy groups -OCH3 is 1. The fourth-order valence-electron chi connectivity index (χ4n) is 5.23. The van der Waals surface area contributed by atoms with E-state index in [1.165, 1.54) is 60.4 Å². The molecular weight excluding hydrogens is 558 g/mol. The van der Waals surface area contributed by atoms with Crippen molar-refractivity contribution < 1.29 is 23.1 Å². The van der Waals surface area contributed by atoms with E-state index in [2.05, 4.69) is 20.4 Å². The van der Waals surface area contributed by atoms with Gasteiger partial charge in [0, 0.05) is 30.4 Å². The number of fused-ring (bicyclic) bond motifs is 1. The van der Waals surface area contributed by atoms with Gasteiger partial charge < -0.3 is 20.8 Å². The number of benzene rings is 2. The van der Waals surface area contributed by atoms with Crippen LogP contribution in [0.2, 0.25) is 0 Å². The highest BCUT2D eigenvalue weighted by atomic mass is 19.1. The van der Waals surface area contributed by atoms with Crippen LogP contribution in [0, 0.1) is 18.6 Å². The predicted molar refractivity (Wildman–Crippen MR) is 153 cm³/mol. The lowest BCUT2D eigenvalue weighted by Gasteiger charge is -2.19. The molecule has 5 aromatic rings. The quantitative estimate of drug-likeness (QED) is 0.253. The van der Waals surface area contributed by atoms with Crippen LogP contribution < -0.4 is 21.3 Å². The summed E-state index contributed by atoms with van der Waals surface area (Å²) in [5, 5.41) is 7.33. The number of hydrogen-bond donors (Lipinski definition) is 3. The van der Waals surface area contributed by atoms with E-state index in [1.54, 1.807) is 12.1 Å². The van der Waals surface area contributed by atoms with E-state index >= 15 is 4.39 Å². The number of halogens is 2. The van der Waals surface area contributed by atoms with Gasteiger partial charge in [0.05, 0.1) is 23.8 Å². The van der Waals surface area contributed by atoms with Crippen LogP contribution >= 0.6 is 0 Å². The number of primary amides is 1. The molecule has 4 N–H and O–H groups in total. The number of aromatic nitrogens is 4. The maximum Gasteiger partial charge on any atom is 0.255 e. The van der Waals surface area contributed by atoms with E-state index in [1.807, 2.05) is 6.92 Å². The molecule has 218 valence electrons. The van der Waals surface area contributed by atoms with E-state index in [9.17, 15) is 18.8 Å². The summed E-state index contributed by atoms with van der Waals surface area (Å²) in [6.07, 6.45) is 4.19. The van der Waals surface area contributed by atoms with Crippen molar-refractivity contribution in [3.05, 3.63) is 117 Å². The third-order valence-corrected chi connectivity index (χ3v) is 7.69. The van der Waals surface area contributed by atoms with Crippen LogP contribution in [-0.4, -0.2) is 38.5 Å². The molecule has 3 heterocycles. The van der Waals surface area contributed by atoms with Crippen LogP contribution in [0.4, 0.5) is 8.78 Å². The van der Waals surface area contributed by atoms with E-state index < -0.39 is 29.0 Å². The number of aryl methyl sites for hydroxylation is 1. The fraction of sp³-hybridized carbons (Fsp3) is 0.194. The molecule has 43 heavy (non-hydrogen) atoms. The minimum Gasteiger partial charge on any atom is -0.496 e. The van der Waals surface area contributed by atoms with Crippen LogP contribution in [-0.2, 0) is 12.0 Å². The standard InChI is InChI=1S/C31H26F2N6O4/c1-16-13-22(43-2)21(29(42)37-31(9-10-31)30-35-11-7-23(40)36-30)15-19(16)14-18-8-12-39-27(25(18)33)24(28(34)41)26(38-39)17-3-5-20(32)6-4-17/h3-8,11-13,15H,9-10,14H2,1-2H3,(H2,34,41)(H,37,42)(H,35,36,40). The number of carbonyl (C=O) groups is 2. The molecule has 2 amide bonds. The van der Waals surface area contributed by atoms with E-state index in [4.69, 9.17) is 10.5 Å². The zero-order valence-corrected chi connectivity index (χ0v) is 23.2. The van der Waals surface area contributed by atoms with Gasteiger partial charge in [0.1, 0.15) is 28.6 Å². The largest absolute Gasteiger partial charge is 0.496 e. The van der Waals surface area contributed by atoms with E-state index in [-0.39, 0.29) is 39.9 Å². The summed E-state index contributed by atoms with van der Waals surface area (Å²) in [5.41, 5.74) is 6.73. The van der Waals surface area contributed by atoms with Gasteiger partial charge in [0.15, 0.2) is 5.82 Å². The fourth-order valence-corrected chi connectivity index (χ4v) is 5.23. The molecule has 3 aromatic heterocycles. The Bertz CT molecular complexity index is 1980. The number of amides is 2. The lowest BCUT2D eigenvalue weighted by Crippen LogP contribution is -2.37. The topological polar surface area (TPSA) is 144 Å². The van der Waals surface area contributed by atoms with Crippen molar-refractivity contribution >= 4 is 17.3 Å². The second-order valence-corrected chi connectivity index (χ2v) is 10.5. The van der Waals surface area contributed by atoms with Gasteiger partial charge in [-0.05, 0) is 78.9 Å². The number of nitrogens with two attached hydrogens (primary N) is 1. The Morgan fingerprint density at radius 2 is 1.86 bits per heavy atom. The normalized spacial score (nSPS) is 13.6. The number of nitrogens with zero attached hydrogens (tertiary/aromatic N) is 3. The third kappa shape index (κ3) is 5.00. The van der Waals surface area contributed by atoms with Gasteiger partial charge in [0.25, 0.3) is 17.4 Å². The molecule has 12 heteroatoms. The molecule has 0 unspecified atom stereocenters. The molecule has 0 spiro atoms. The maximum atomic E-state index is 16.1. The SMILES string of the molecule is COc1cc(C)c(Cc2ccn3nc(-c4ccc(F)cc4)c(C(N)=O)c3c2F)cc1C(=O)NC1(c2nccc(=O)[nH]2)CC1. The third-order valence-electron chi connectivity index (χ3n) is 7.69. The molecule has 0 saturated heterocycles. The number of pyridine rings is 1. The number of ether oxygens (including phenoxy) is 1. The van der Waals surface area contributed by atoms with Gasteiger partial charge in [0.2, 0.25) is 0 Å². The Kier molecular flexibility index (Phi) is 6.76. The van der Waals surface area contributed by atoms with Crippen LogP contribution in [0.5, 0.6) is 5.75 Å². The number of H-pyrrole nitrogens is 1. The van der Waals surface area contributed by atoms with Crippen LogP contribution in [0.15, 0.2) is 65.7 Å². The summed E-state index contributed by atoms with van der Waals surface area (Å²) in [4.78, 5) is 44.7. The zero-order chi connectivity index (χ0) is 30.5. The first-order chi connectivity index (χ1) is 20.6. The summed E-state index contributed by atoms with van der Waals surface area (Å²) in [7, 11) is 1.45. The number of aromatic amines is 1. The van der Waals surface area contributed by atoms with Gasteiger partial charge in [-0.15, -0.1) is 0 Å². The van der Waals surface area contributed by atoms with Crippen molar-refractivity contribution in [3.8, 4) is 17.0 Å². The number of hydrogen-bond acceptors (Lipinski definition) is 6. The Labute approximate surface area is 243 Å². The van der Waals surface area contributed by atoms with Gasteiger partial charge in [-0.2, -0.15) is 5.10 Å². The molecule has 6 rings (SSSR count). The summed E-state index contributed by atoms with van der Waals surface area (Å²) < 4.78 is 36.3. The van der Waals surface area contributed by atoms with Crippen molar-refractivity contribution in [2.45, 2.75) is 31.7 Å². The molecule has 0 atom stereocenters. The van der Waals surface area contributed by atoms with Crippen molar-refractivity contribution in [2.24, 2.45) is 5.73 Å². The van der Waals surface area contributed by atoms with Crippen molar-refractivity contribution in [3.63, 3.8) is 0 Å². The monoisotopic (exact) mass is 584 g/mol. The first kappa shape index (κ1) is 27.8. The molecular formula is C31H26F2N6O4. The van der Waals surface area contributed by atoms with Crippen LogP contribution in [0.1, 0.15) is 56.1 Å². The minimum absolute atomic E-state index is 0.0758. The zero-order valence-electron chi connectivity index (χ0n) is 23.2. The first-order valence-corrected chi connectivity index (χ1v) is 13.4. The maximum absolute atomic E-state index is 16.1. The van der Waals surface area contributed by atoms with Crippen molar-refractivity contribution in [1.82, 2.24) is 24.9 Å². The molecule has 0 aliphatic heterocycles. The van der Waals surface area contributed by atoms with Crippen LogP contribution in [0.25, 0.3) is 16.8 Å². The summed E-state index contributed by atoms with van der Waals surface area (Å²) in [6.45, 7) is 1.82. The average molecular weight is 585 g/mol. The average Bonchev–Trinajstić information content (AvgIpc) is 3.65. The second-order valence-electron chi connectivity index (χ2n) is 10.5. The lowest BCUT2D eigenvalue weighted by atomic mass is 9.96.